The molecule has 1 aliphatic heterocycles. The van der Waals surface area contributed by atoms with Gasteiger partial charge in [0, 0.05) is 16.6 Å². The molecule has 0 saturated carbocycles. The van der Waals surface area contributed by atoms with E-state index in [1.807, 2.05) is 6.07 Å². The zero-order valence-electron chi connectivity index (χ0n) is 10.8. The summed E-state index contributed by atoms with van der Waals surface area (Å²) in [4.78, 5) is 2.20. The van der Waals surface area contributed by atoms with Crippen molar-refractivity contribution in [3.63, 3.8) is 0 Å². The van der Waals surface area contributed by atoms with Crippen molar-refractivity contribution in [3.05, 3.63) is 34.1 Å². The Kier molecular flexibility index (Phi) is 5.15. The molecule has 1 saturated heterocycles. The molecular weight excluding hydrogens is 295 g/mol. The van der Waals surface area contributed by atoms with Gasteiger partial charge in [-0.05, 0) is 63.6 Å². The summed E-state index contributed by atoms with van der Waals surface area (Å²) >= 11 is 3.39. The van der Waals surface area contributed by atoms with E-state index in [1.54, 1.807) is 6.07 Å². The number of nitrogens with one attached hydrogen (secondary N) is 1. The fourth-order valence-electron chi connectivity index (χ4n) is 2.40. The summed E-state index contributed by atoms with van der Waals surface area (Å²) in [5, 5.41) is 3.38. The van der Waals surface area contributed by atoms with E-state index in [1.165, 1.54) is 18.9 Å². The van der Waals surface area contributed by atoms with Crippen LogP contribution in [0.1, 0.15) is 18.4 Å². The minimum atomic E-state index is -0.118. The molecule has 1 N–H and O–H groups in total. The van der Waals surface area contributed by atoms with Crippen LogP contribution in [-0.2, 0) is 6.54 Å². The van der Waals surface area contributed by atoms with Crippen molar-refractivity contribution in [1.29, 1.82) is 0 Å². The predicted octanol–water partition coefficient (Wildman–Crippen LogP) is 3.02. The Bertz CT molecular complexity index is 391. The normalized spacial score (nSPS) is 19.7. The molecule has 100 valence electrons. The standard InChI is InChI=1S/C14H20BrFN2/c1-18(7-5-11-4-6-17-9-11)10-12-8-13(15)2-3-14(12)16/h2-3,8,11,17H,4-7,9-10H2,1H3. The highest BCUT2D eigenvalue weighted by Crippen LogP contribution is 2.18. The molecule has 1 heterocycles. The highest BCUT2D eigenvalue weighted by Gasteiger charge is 2.15. The first-order valence-corrected chi connectivity index (χ1v) is 7.27. The Morgan fingerprint density at radius 1 is 1.50 bits per heavy atom. The molecule has 1 atom stereocenters. The smallest absolute Gasteiger partial charge is 0.127 e. The van der Waals surface area contributed by atoms with E-state index in [4.69, 9.17) is 0 Å². The fraction of sp³-hybridized carbons (Fsp3) is 0.571. The Hall–Kier alpha value is -0.450. The molecule has 0 aliphatic carbocycles. The van der Waals surface area contributed by atoms with Crippen LogP contribution in [0.4, 0.5) is 4.39 Å². The second kappa shape index (κ2) is 6.64. The van der Waals surface area contributed by atoms with E-state index < -0.39 is 0 Å². The summed E-state index contributed by atoms with van der Waals surface area (Å²) < 4.78 is 14.6. The highest BCUT2D eigenvalue weighted by atomic mass is 79.9. The van der Waals surface area contributed by atoms with Crippen LogP contribution >= 0.6 is 15.9 Å². The SMILES string of the molecule is CN(CCC1CCNC1)Cc1cc(Br)ccc1F. The zero-order valence-corrected chi connectivity index (χ0v) is 12.3. The molecule has 1 aromatic rings. The summed E-state index contributed by atoms with van der Waals surface area (Å²) in [6.45, 7) is 3.98. The van der Waals surface area contributed by atoms with Crippen LogP contribution in [0, 0.1) is 11.7 Å². The molecular formula is C14H20BrFN2. The second-order valence-electron chi connectivity index (χ2n) is 5.12. The lowest BCUT2D eigenvalue weighted by molar-refractivity contribution is 0.294. The summed E-state index contributed by atoms with van der Waals surface area (Å²) in [7, 11) is 2.06. The van der Waals surface area contributed by atoms with Crippen LogP contribution in [-0.4, -0.2) is 31.6 Å². The van der Waals surface area contributed by atoms with Gasteiger partial charge in [-0.2, -0.15) is 0 Å². The van der Waals surface area contributed by atoms with Gasteiger partial charge in [0.15, 0.2) is 0 Å². The van der Waals surface area contributed by atoms with Crippen molar-refractivity contribution in [2.75, 3.05) is 26.7 Å². The predicted molar refractivity (Wildman–Crippen MR) is 76.0 cm³/mol. The van der Waals surface area contributed by atoms with E-state index in [0.29, 0.717) is 6.54 Å². The molecule has 0 bridgehead atoms. The van der Waals surface area contributed by atoms with E-state index in [0.717, 1.165) is 35.6 Å². The molecule has 2 nitrogen and oxygen atoms in total. The third-order valence-electron chi connectivity index (χ3n) is 3.53. The van der Waals surface area contributed by atoms with Crippen molar-refractivity contribution in [2.24, 2.45) is 5.92 Å². The average molecular weight is 315 g/mol. The van der Waals surface area contributed by atoms with Crippen LogP contribution in [0.2, 0.25) is 0 Å². The number of nitrogens with zero attached hydrogens (tertiary/aromatic N) is 1. The molecule has 0 aromatic heterocycles. The summed E-state index contributed by atoms with van der Waals surface area (Å²) in [5.41, 5.74) is 0.761. The van der Waals surface area contributed by atoms with E-state index in [-0.39, 0.29) is 5.82 Å². The van der Waals surface area contributed by atoms with Gasteiger partial charge in [0.05, 0.1) is 0 Å². The molecule has 0 radical (unpaired) electrons. The fourth-order valence-corrected chi connectivity index (χ4v) is 2.81. The largest absolute Gasteiger partial charge is 0.316 e. The third kappa shape index (κ3) is 4.04. The monoisotopic (exact) mass is 314 g/mol. The maximum Gasteiger partial charge on any atom is 0.127 e. The molecule has 1 aliphatic rings. The maximum atomic E-state index is 13.6. The van der Waals surface area contributed by atoms with Crippen LogP contribution in [0.25, 0.3) is 0 Å². The maximum absolute atomic E-state index is 13.6. The van der Waals surface area contributed by atoms with Crippen molar-refractivity contribution >= 4 is 15.9 Å². The van der Waals surface area contributed by atoms with Gasteiger partial charge >= 0.3 is 0 Å². The number of rotatable bonds is 5. The molecule has 4 heteroatoms. The number of hydrogen-bond donors (Lipinski definition) is 1. The summed E-state index contributed by atoms with van der Waals surface area (Å²) in [6.07, 6.45) is 2.47. The van der Waals surface area contributed by atoms with Gasteiger partial charge in [-0.15, -0.1) is 0 Å². The number of benzene rings is 1. The first-order valence-electron chi connectivity index (χ1n) is 6.48. The molecule has 0 spiro atoms. The van der Waals surface area contributed by atoms with Gasteiger partial charge in [0.1, 0.15) is 5.82 Å². The van der Waals surface area contributed by atoms with Crippen molar-refractivity contribution in [1.82, 2.24) is 10.2 Å². The van der Waals surface area contributed by atoms with E-state index in [9.17, 15) is 4.39 Å². The lowest BCUT2D eigenvalue weighted by atomic mass is 10.0. The minimum absolute atomic E-state index is 0.118. The third-order valence-corrected chi connectivity index (χ3v) is 4.02. The van der Waals surface area contributed by atoms with Crippen LogP contribution in [0.5, 0.6) is 0 Å². The zero-order chi connectivity index (χ0) is 13.0. The van der Waals surface area contributed by atoms with Gasteiger partial charge in [0.25, 0.3) is 0 Å². The van der Waals surface area contributed by atoms with E-state index in [2.05, 4.69) is 33.2 Å². The Morgan fingerprint density at radius 3 is 3.06 bits per heavy atom. The highest BCUT2D eigenvalue weighted by molar-refractivity contribution is 9.10. The summed E-state index contributed by atoms with van der Waals surface area (Å²) in [6, 6.07) is 5.13. The van der Waals surface area contributed by atoms with Crippen LogP contribution < -0.4 is 5.32 Å². The number of halogens is 2. The Balaban J connectivity index is 1.82. The molecule has 18 heavy (non-hydrogen) atoms. The minimum Gasteiger partial charge on any atom is -0.316 e. The summed E-state index contributed by atoms with van der Waals surface area (Å²) in [5.74, 6) is 0.674. The second-order valence-corrected chi connectivity index (χ2v) is 6.04. The molecule has 1 fully saturated rings. The molecule has 1 unspecified atom stereocenters. The van der Waals surface area contributed by atoms with Crippen LogP contribution in [0.3, 0.4) is 0 Å². The average Bonchev–Trinajstić information content (AvgIpc) is 2.84. The first-order chi connectivity index (χ1) is 8.65. The molecule has 2 rings (SSSR count). The van der Waals surface area contributed by atoms with Crippen molar-refractivity contribution in [3.8, 4) is 0 Å². The number of hydrogen-bond acceptors (Lipinski definition) is 2. The van der Waals surface area contributed by atoms with Gasteiger partial charge < -0.3 is 10.2 Å². The van der Waals surface area contributed by atoms with Gasteiger partial charge in [-0.1, -0.05) is 15.9 Å². The quantitative estimate of drug-likeness (QED) is 0.898. The van der Waals surface area contributed by atoms with Gasteiger partial charge in [-0.25, -0.2) is 4.39 Å². The van der Waals surface area contributed by atoms with Crippen molar-refractivity contribution in [2.45, 2.75) is 19.4 Å². The van der Waals surface area contributed by atoms with E-state index >= 15 is 0 Å². The first kappa shape index (κ1) is 14.0. The lowest BCUT2D eigenvalue weighted by Crippen LogP contribution is -2.22. The van der Waals surface area contributed by atoms with Gasteiger partial charge in [-0.3, -0.25) is 0 Å². The molecule has 0 amide bonds. The Labute approximate surface area is 117 Å². The molecule has 1 aromatic carbocycles. The van der Waals surface area contributed by atoms with Gasteiger partial charge in [0.2, 0.25) is 0 Å². The lowest BCUT2D eigenvalue weighted by Gasteiger charge is -2.19. The topological polar surface area (TPSA) is 15.3 Å². The van der Waals surface area contributed by atoms with Crippen LogP contribution in [0.15, 0.2) is 22.7 Å². The Morgan fingerprint density at radius 2 is 2.33 bits per heavy atom. The van der Waals surface area contributed by atoms with Crippen molar-refractivity contribution < 1.29 is 4.39 Å².